The lowest BCUT2D eigenvalue weighted by molar-refractivity contribution is 0.0668. The van der Waals surface area contributed by atoms with Crippen molar-refractivity contribution in [2.24, 2.45) is 5.92 Å². The van der Waals surface area contributed by atoms with E-state index in [4.69, 9.17) is 0 Å². The van der Waals surface area contributed by atoms with Crippen LogP contribution in [-0.4, -0.2) is 28.9 Å². The van der Waals surface area contributed by atoms with E-state index in [1.54, 1.807) is 30.6 Å². The molecule has 1 amide bonds. The van der Waals surface area contributed by atoms with Crippen LogP contribution in [0.2, 0.25) is 0 Å². The van der Waals surface area contributed by atoms with Crippen LogP contribution in [0.3, 0.4) is 0 Å². The second-order valence-electron chi connectivity index (χ2n) is 6.29. The fraction of sp³-hybridized carbons (Fsp3) is 0.368. The number of aromatic nitrogens is 1. The SMILES string of the molecule is O=C(c1cccnc1)N1CCCC(CCc2ccc(F)c(F)c2)C1. The molecule has 1 aliphatic heterocycles. The van der Waals surface area contributed by atoms with Gasteiger partial charge in [-0.1, -0.05) is 6.07 Å². The number of carbonyl (C=O) groups is 1. The molecule has 0 bridgehead atoms. The van der Waals surface area contributed by atoms with Gasteiger partial charge in [-0.2, -0.15) is 0 Å². The van der Waals surface area contributed by atoms with Crippen molar-refractivity contribution < 1.29 is 13.6 Å². The Hall–Kier alpha value is -2.30. The Morgan fingerprint density at radius 3 is 2.88 bits per heavy atom. The van der Waals surface area contributed by atoms with Crippen molar-refractivity contribution in [2.75, 3.05) is 13.1 Å². The molecule has 5 heteroatoms. The molecule has 24 heavy (non-hydrogen) atoms. The molecular weight excluding hydrogens is 310 g/mol. The first-order valence-corrected chi connectivity index (χ1v) is 8.26. The Bertz CT molecular complexity index is 706. The zero-order valence-corrected chi connectivity index (χ0v) is 13.4. The Kier molecular flexibility index (Phi) is 5.18. The summed E-state index contributed by atoms with van der Waals surface area (Å²) in [5.41, 5.74) is 1.41. The third-order valence-electron chi connectivity index (χ3n) is 4.54. The molecule has 126 valence electrons. The quantitative estimate of drug-likeness (QED) is 0.853. The highest BCUT2D eigenvalue weighted by Crippen LogP contribution is 2.23. The summed E-state index contributed by atoms with van der Waals surface area (Å²) in [6.45, 7) is 1.47. The van der Waals surface area contributed by atoms with E-state index in [0.717, 1.165) is 31.4 Å². The largest absolute Gasteiger partial charge is 0.338 e. The Balaban J connectivity index is 1.57. The zero-order valence-electron chi connectivity index (χ0n) is 13.4. The number of likely N-dealkylation sites (tertiary alicyclic amines) is 1. The fourth-order valence-corrected chi connectivity index (χ4v) is 3.22. The van der Waals surface area contributed by atoms with Crippen molar-refractivity contribution in [3.8, 4) is 0 Å². The van der Waals surface area contributed by atoms with Gasteiger partial charge >= 0.3 is 0 Å². The number of hydrogen-bond donors (Lipinski definition) is 0. The summed E-state index contributed by atoms with van der Waals surface area (Å²) in [5, 5.41) is 0. The van der Waals surface area contributed by atoms with Crippen LogP contribution in [0.15, 0.2) is 42.7 Å². The number of carbonyl (C=O) groups excluding carboxylic acids is 1. The van der Waals surface area contributed by atoms with E-state index in [-0.39, 0.29) is 5.91 Å². The van der Waals surface area contributed by atoms with Gasteiger partial charge in [0.2, 0.25) is 0 Å². The van der Waals surface area contributed by atoms with Crippen LogP contribution in [0, 0.1) is 17.6 Å². The van der Waals surface area contributed by atoms with E-state index < -0.39 is 11.6 Å². The summed E-state index contributed by atoms with van der Waals surface area (Å²) >= 11 is 0. The molecule has 0 aliphatic carbocycles. The number of nitrogens with zero attached hydrogens (tertiary/aromatic N) is 2. The summed E-state index contributed by atoms with van der Waals surface area (Å²) in [5.74, 6) is -1.22. The summed E-state index contributed by atoms with van der Waals surface area (Å²) in [4.78, 5) is 18.4. The third kappa shape index (κ3) is 3.96. The lowest BCUT2D eigenvalue weighted by Crippen LogP contribution is -2.40. The van der Waals surface area contributed by atoms with Crippen molar-refractivity contribution in [1.82, 2.24) is 9.88 Å². The Morgan fingerprint density at radius 2 is 2.12 bits per heavy atom. The molecule has 2 heterocycles. The van der Waals surface area contributed by atoms with E-state index in [0.29, 0.717) is 24.4 Å². The minimum atomic E-state index is -0.815. The maximum Gasteiger partial charge on any atom is 0.255 e. The van der Waals surface area contributed by atoms with Crippen molar-refractivity contribution in [3.63, 3.8) is 0 Å². The molecule has 1 aromatic heterocycles. The molecule has 3 nitrogen and oxygen atoms in total. The van der Waals surface area contributed by atoms with Gasteiger partial charge in [0.05, 0.1) is 5.56 Å². The smallest absolute Gasteiger partial charge is 0.255 e. The van der Waals surface area contributed by atoms with Gasteiger partial charge in [-0.3, -0.25) is 9.78 Å². The second-order valence-corrected chi connectivity index (χ2v) is 6.29. The van der Waals surface area contributed by atoms with Crippen molar-refractivity contribution in [1.29, 1.82) is 0 Å². The van der Waals surface area contributed by atoms with Crippen LogP contribution in [-0.2, 0) is 6.42 Å². The maximum absolute atomic E-state index is 13.3. The molecule has 1 fully saturated rings. The highest BCUT2D eigenvalue weighted by atomic mass is 19.2. The third-order valence-corrected chi connectivity index (χ3v) is 4.54. The second kappa shape index (κ2) is 7.51. The molecule has 1 aromatic carbocycles. The number of halogens is 2. The van der Waals surface area contributed by atoms with Gasteiger partial charge in [0.25, 0.3) is 5.91 Å². The predicted molar refractivity (Wildman–Crippen MR) is 87.5 cm³/mol. The molecule has 1 atom stereocenters. The molecule has 3 rings (SSSR count). The van der Waals surface area contributed by atoms with Gasteiger partial charge in [-0.05, 0) is 61.4 Å². The van der Waals surface area contributed by atoms with Gasteiger partial charge in [-0.25, -0.2) is 8.78 Å². The van der Waals surface area contributed by atoms with Crippen molar-refractivity contribution in [2.45, 2.75) is 25.7 Å². The molecule has 1 unspecified atom stereocenters. The van der Waals surface area contributed by atoms with Gasteiger partial charge in [0.1, 0.15) is 0 Å². The van der Waals surface area contributed by atoms with Crippen LogP contribution >= 0.6 is 0 Å². The average molecular weight is 330 g/mol. The average Bonchev–Trinajstić information content (AvgIpc) is 2.63. The number of piperidine rings is 1. The van der Waals surface area contributed by atoms with Crippen LogP contribution in [0.5, 0.6) is 0 Å². The monoisotopic (exact) mass is 330 g/mol. The number of pyridine rings is 1. The first-order valence-electron chi connectivity index (χ1n) is 8.26. The number of amides is 1. The van der Waals surface area contributed by atoms with Crippen molar-refractivity contribution in [3.05, 3.63) is 65.5 Å². The number of hydrogen-bond acceptors (Lipinski definition) is 2. The highest BCUT2D eigenvalue weighted by Gasteiger charge is 2.24. The first kappa shape index (κ1) is 16.6. The predicted octanol–water partition coefficient (Wildman–Crippen LogP) is 3.84. The minimum Gasteiger partial charge on any atom is -0.338 e. The van der Waals surface area contributed by atoms with Gasteiger partial charge in [0, 0.05) is 25.5 Å². The topological polar surface area (TPSA) is 33.2 Å². The van der Waals surface area contributed by atoms with E-state index >= 15 is 0 Å². The van der Waals surface area contributed by atoms with E-state index in [2.05, 4.69) is 4.98 Å². The normalized spacial score (nSPS) is 17.8. The molecular formula is C19H20F2N2O. The number of aryl methyl sites for hydroxylation is 1. The minimum absolute atomic E-state index is 0.0145. The molecule has 1 saturated heterocycles. The Morgan fingerprint density at radius 1 is 1.25 bits per heavy atom. The van der Waals surface area contributed by atoms with Gasteiger partial charge in [0.15, 0.2) is 11.6 Å². The maximum atomic E-state index is 13.3. The molecule has 0 saturated carbocycles. The summed E-state index contributed by atoms with van der Waals surface area (Å²) < 4.78 is 26.2. The Labute approximate surface area is 140 Å². The zero-order chi connectivity index (χ0) is 16.9. The van der Waals surface area contributed by atoms with Gasteiger partial charge < -0.3 is 4.90 Å². The molecule has 0 radical (unpaired) electrons. The summed E-state index contributed by atoms with van der Waals surface area (Å²) in [7, 11) is 0. The van der Waals surface area contributed by atoms with Crippen LogP contribution in [0.4, 0.5) is 8.78 Å². The first-order chi connectivity index (χ1) is 11.6. The van der Waals surface area contributed by atoms with Crippen LogP contribution in [0.25, 0.3) is 0 Å². The molecule has 0 spiro atoms. The fourth-order valence-electron chi connectivity index (χ4n) is 3.22. The van der Waals surface area contributed by atoms with Gasteiger partial charge in [-0.15, -0.1) is 0 Å². The standard InChI is InChI=1S/C19H20F2N2O/c20-17-8-7-14(11-18(17)21)5-6-15-3-2-10-23(13-15)19(24)16-4-1-9-22-12-16/h1,4,7-9,11-12,15H,2-3,5-6,10,13H2. The highest BCUT2D eigenvalue weighted by molar-refractivity contribution is 5.93. The summed E-state index contributed by atoms with van der Waals surface area (Å²) in [6.07, 6.45) is 6.82. The van der Waals surface area contributed by atoms with Crippen LogP contribution in [0.1, 0.15) is 35.2 Å². The van der Waals surface area contributed by atoms with E-state index in [9.17, 15) is 13.6 Å². The van der Waals surface area contributed by atoms with Crippen LogP contribution < -0.4 is 0 Å². The molecule has 1 aliphatic rings. The summed E-state index contributed by atoms with van der Waals surface area (Å²) in [6, 6.07) is 7.60. The molecule has 0 N–H and O–H groups in total. The molecule has 2 aromatic rings. The van der Waals surface area contributed by atoms with E-state index in [1.165, 1.54) is 12.1 Å². The number of benzene rings is 1. The van der Waals surface area contributed by atoms with Crippen molar-refractivity contribution >= 4 is 5.91 Å². The lowest BCUT2D eigenvalue weighted by Gasteiger charge is -2.33. The van der Waals surface area contributed by atoms with E-state index in [1.807, 2.05) is 4.90 Å². The number of rotatable bonds is 4. The lowest BCUT2D eigenvalue weighted by atomic mass is 9.91.